The molecule has 0 unspecified atom stereocenters. The van der Waals surface area contributed by atoms with Crippen LogP contribution in [0.1, 0.15) is 48.0 Å². The number of fused-ring (bicyclic) bond motifs is 1. The summed E-state index contributed by atoms with van der Waals surface area (Å²) in [6.45, 7) is 7.08. The lowest BCUT2D eigenvalue weighted by Gasteiger charge is -2.09. The van der Waals surface area contributed by atoms with Crippen LogP contribution in [0, 0.1) is 17.2 Å². The molecular formula is C33H33N5O3. The number of rotatable bonds is 8. The highest BCUT2D eigenvalue weighted by Gasteiger charge is 2.19. The third kappa shape index (κ3) is 7.49. The summed E-state index contributed by atoms with van der Waals surface area (Å²) >= 11 is 0. The van der Waals surface area contributed by atoms with E-state index >= 15 is 0 Å². The van der Waals surface area contributed by atoms with Gasteiger partial charge in [-0.2, -0.15) is 5.26 Å². The van der Waals surface area contributed by atoms with Crippen LogP contribution in [-0.2, 0) is 17.9 Å². The van der Waals surface area contributed by atoms with Gasteiger partial charge in [-0.15, -0.1) is 0 Å². The van der Waals surface area contributed by atoms with Crippen molar-refractivity contribution in [1.82, 2.24) is 19.4 Å². The highest BCUT2D eigenvalue weighted by atomic mass is 16.4. The summed E-state index contributed by atoms with van der Waals surface area (Å²) in [5.74, 6) is -0.721. The molecule has 2 N–H and O–H groups in total. The first-order valence-corrected chi connectivity index (χ1v) is 13.4. The van der Waals surface area contributed by atoms with Gasteiger partial charge < -0.3 is 19.6 Å². The minimum absolute atomic E-state index is 0.399. The third-order valence-corrected chi connectivity index (χ3v) is 6.18. The third-order valence-electron chi connectivity index (χ3n) is 6.18. The summed E-state index contributed by atoms with van der Waals surface area (Å²) in [6, 6.07) is 23.4. The van der Waals surface area contributed by atoms with Crippen LogP contribution in [0.4, 0.5) is 0 Å². The Balaban J connectivity index is 0.000000909. The number of carbonyl (C=O) groups is 2. The van der Waals surface area contributed by atoms with Gasteiger partial charge in [0.05, 0.1) is 35.8 Å². The monoisotopic (exact) mass is 547 g/mol. The predicted octanol–water partition coefficient (Wildman–Crippen LogP) is 5.95. The summed E-state index contributed by atoms with van der Waals surface area (Å²) in [7, 11) is 0. The molecule has 0 aliphatic rings. The number of carbonyl (C=O) groups excluding carboxylic acids is 1. The first kappa shape index (κ1) is 28.8. The number of carboxylic acid groups (broad SMARTS) is 1. The van der Waals surface area contributed by atoms with E-state index in [1.807, 2.05) is 69.9 Å². The van der Waals surface area contributed by atoms with Crippen molar-refractivity contribution in [3.8, 4) is 17.2 Å². The Kier molecular flexibility index (Phi) is 9.33. The molecule has 5 rings (SSSR count). The van der Waals surface area contributed by atoms with E-state index in [4.69, 9.17) is 10.4 Å². The number of benzene rings is 3. The van der Waals surface area contributed by atoms with Crippen molar-refractivity contribution in [1.29, 1.82) is 5.26 Å². The highest BCUT2D eigenvalue weighted by Crippen LogP contribution is 2.32. The molecule has 2 aromatic heterocycles. The van der Waals surface area contributed by atoms with E-state index < -0.39 is 18.4 Å². The van der Waals surface area contributed by atoms with Crippen LogP contribution in [0.25, 0.3) is 21.9 Å². The maximum Gasteiger partial charge on any atom is 0.322 e. The number of nitrogens with zero attached hydrogens (tertiary/aromatic N) is 4. The minimum atomic E-state index is -1.11. The molecule has 0 aliphatic heterocycles. The fourth-order valence-electron chi connectivity index (χ4n) is 4.40. The van der Waals surface area contributed by atoms with Crippen LogP contribution < -0.4 is 5.32 Å². The van der Waals surface area contributed by atoms with E-state index in [-0.39, 0.29) is 0 Å². The second-order valence-electron chi connectivity index (χ2n) is 10.4. The maximum absolute atomic E-state index is 13.0. The lowest BCUT2D eigenvalue weighted by Crippen LogP contribution is -2.29. The van der Waals surface area contributed by atoms with Gasteiger partial charge in [0.25, 0.3) is 5.91 Å². The van der Waals surface area contributed by atoms with Crippen molar-refractivity contribution >= 4 is 22.6 Å². The zero-order chi connectivity index (χ0) is 29.4. The Morgan fingerprint density at radius 1 is 0.951 bits per heavy atom. The zero-order valence-corrected chi connectivity index (χ0v) is 23.4. The first-order chi connectivity index (χ1) is 19.7. The molecule has 5 aromatic rings. The van der Waals surface area contributed by atoms with Gasteiger partial charge in [0.1, 0.15) is 6.54 Å². The number of hydrogen-bond donors (Lipinski definition) is 2. The highest BCUT2D eigenvalue weighted by molar-refractivity contribution is 6.06. The lowest BCUT2D eigenvalue weighted by atomic mass is 9.97. The fraction of sp³-hybridized carbons (Fsp3) is 0.212. The van der Waals surface area contributed by atoms with Gasteiger partial charge in [-0.25, -0.2) is 4.98 Å². The van der Waals surface area contributed by atoms with Crippen molar-refractivity contribution in [3.63, 3.8) is 0 Å². The summed E-state index contributed by atoms with van der Waals surface area (Å²) in [6.07, 6.45) is 7.19. The average molecular weight is 548 g/mol. The predicted molar refractivity (Wildman–Crippen MR) is 159 cm³/mol. The molecule has 8 heteroatoms. The van der Waals surface area contributed by atoms with Gasteiger partial charge in [0.15, 0.2) is 0 Å². The number of aromatic nitrogens is 3. The number of hydrogen-bond acceptors (Lipinski definition) is 4. The average Bonchev–Trinajstić information content (AvgIpc) is 3.58. The van der Waals surface area contributed by atoms with Crippen LogP contribution in [0.2, 0.25) is 0 Å². The van der Waals surface area contributed by atoms with Crippen LogP contribution in [0.5, 0.6) is 0 Å². The molecule has 0 spiro atoms. The fourth-order valence-corrected chi connectivity index (χ4v) is 4.40. The number of amides is 1. The molecule has 41 heavy (non-hydrogen) atoms. The Labute approximate surface area is 239 Å². The quantitative estimate of drug-likeness (QED) is 0.249. The van der Waals surface area contributed by atoms with E-state index in [0.717, 1.165) is 39.1 Å². The van der Waals surface area contributed by atoms with Crippen molar-refractivity contribution in [2.24, 2.45) is 5.92 Å². The van der Waals surface area contributed by atoms with Crippen LogP contribution >= 0.6 is 0 Å². The van der Waals surface area contributed by atoms with Gasteiger partial charge in [0.2, 0.25) is 0 Å². The number of carboxylic acids is 1. The van der Waals surface area contributed by atoms with Gasteiger partial charge in [-0.1, -0.05) is 75.4 Å². The molecule has 0 radical (unpaired) electrons. The first-order valence-electron chi connectivity index (χ1n) is 13.4. The molecule has 0 fully saturated rings. The van der Waals surface area contributed by atoms with Crippen molar-refractivity contribution in [3.05, 3.63) is 114 Å². The van der Waals surface area contributed by atoms with E-state index in [1.165, 1.54) is 0 Å². The summed E-state index contributed by atoms with van der Waals surface area (Å²) in [5, 5.41) is 22.6. The lowest BCUT2D eigenvalue weighted by molar-refractivity contribution is -0.135. The standard InChI is InChI=1S/C29H23N5O3.C4H10/c30-12-20-8-10-21(11-9-20)15-34-19-31-13-23(34)16-33-17-26(27(18-33)29(37)32-14-28(35)36)25-7-3-5-22-4-1-2-6-24(22)25;1-4(2)3/h1-11,13,17-19H,14-16H2,(H,32,37)(H,35,36);4H,1-3H3. The SMILES string of the molecule is CC(C)C.N#Cc1ccc(Cn2cncc2Cn2cc(C(=O)NCC(=O)O)c(-c3cccc4ccccc34)c2)cc1. The molecule has 3 aromatic carbocycles. The molecule has 0 saturated heterocycles. The van der Waals surface area contributed by atoms with Crippen molar-refractivity contribution in [2.75, 3.05) is 6.54 Å². The summed E-state index contributed by atoms with van der Waals surface area (Å²) in [5.41, 5.74) is 4.59. The molecule has 208 valence electrons. The number of nitrogens with one attached hydrogen (secondary N) is 1. The molecule has 8 nitrogen and oxygen atoms in total. The second-order valence-corrected chi connectivity index (χ2v) is 10.4. The molecule has 0 atom stereocenters. The Morgan fingerprint density at radius 2 is 1.66 bits per heavy atom. The van der Waals surface area contributed by atoms with Crippen LogP contribution in [-0.4, -0.2) is 37.6 Å². The molecule has 2 heterocycles. The zero-order valence-electron chi connectivity index (χ0n) is 23.4. The van der Waals surface area contributed by atoms with Gasteiger partial charge in [-0.3, -0.25) is 9.59 Å². The van der Waals surface area contributed by atoms with E-state index in [2.05, 4.69) is 37.1 Å². The molecule has 0 aliphatic carbocycles. The van der Waals surface area contributed by atoms with Crippen LogP contribution in [0.3, 0.4) is 0 Å². The molecule has 0 saturated carbocycles. The van der Waals surface area contributed by atoms with Crippen molar-refractivity contribution < 1.29 is 14.7 Å². The van der Waals surface area contributed by atoms with Gasteiger partial charge in [-0.05, 0) is 39.9 Å². The summed E-state index contributed by atoms with van der Waals surface area (Å²) in [4.78, 5) is 28.4. The number of nitriles is 1. The molecular weight excluding hydrogens is 514 g/mol. The van der Waals surface area contributed by atoms with Crippen LogP contribution in [0.15, 0.2) is 91.6 Å². The van der Waals surface area contributed by atoms with E-state index in [9.17, 15) is 9.59 Å². The van der Waals surface area contributed by atoms with Gasteiger partial charge >= 0.3 is 5.97 Å². The molecule has 1 amide bonds. The number of imidazole rings is 1. The topological polar surface area (TPSA) is 113 Å². The van der Waals surface area contributed by atoms with Gasteiger partial charge in [0, 0.05) is 30.7 Å². The smallest absolute Gasteiger partial charge is 0.322 e. The van der Waals surface area contributed by atoms with E-state index in [0.29, 0.717) is 24.2 Å². The maximum atomic E-state index is 13.0. The second kappa shape index (κ2) is 13.3. The minimum Gasteiger partial charge on any atom is -0.480 e. The Hall–Kier alpha value is -5.16. The number of aliphatic carboxylic acids is 1. The van der Waals surface area contributed by atoms with Crippen molar-refractivity contribution in [2.45, 2.75) is 33.9 Å². The Morgan fingerprint density at radius 3 is 2.37 bits per heavy atom. The Bertz CT molecular complexity index is 1680. The van der Waals surface area contributed by atoms with E-state index in [1.54, 1.807) is 30.9 Å². The normalized spacial score (nSPS) is 10.6. The summed E-state index contributed by atoms with van der Waals surface area (Å²) < 4.78 is 3.93. The largest absolute Gasteiger partial charge is 0.480 e. The molecule has 0 bridgehead atoms.